The van der Waals surface area contributed by atoms with E-state index in [-0.39, 0.29) is 11.6 Å². The number of H-pyrrole nitrogens is 2. The third-order valence-electron chi connectivity index (χ3n) is 4.49. The molecule has 0 aliphatic rings. The van der Waals surface area contributed by atoms with Crippen molar-refractivity contribution in [3.05, 3.63) is 100 Å². The molecule has 1 aromatic heterocycles. The van der Waals surface area contributed by atoms with Crippen molar-refractivity contribution in [2.45, 2.75) is 6.04 Å². The summed E-state index contributed by atoms with van der Waals surface area (Å²) in [7, 11) is 0. The van der Waals surface area contributed by atoms with Gasteiger partial charge in [0, 0.05) is 11.3 Å². The summed E-state index contributed by atoms with van der Waals surface area (Å²) in [6.07, 6.45) is 0. The Balaban J connectivity index is 1.60. The molecular formula is C22H18N4O3. The first-order valence-corrected chi connectivity index (χ1v) is 9.04. The van der Waals surface area contributed by atoms with Crippen LogP contribution in [0.15, 0.2) is 83.7 Å². The van der Waals surface area contributed by atoms with E-state index < -0.39 is 11.9 Å². The van der Waals surface area contributed by atoms with Crippen molar-refractivity contribution in [1.29, 1.82) is 0 Å². The number of benzene rings is 3. The molecule has 4 aromatic rings. The van der Waals surface area contributed by atoms with Gasteiger partial charge in [0.05, 0.1) is 11.0 Å². The van der Waals surface area contributed by atoms with E-state index in [1.54, 1.807) is 66.7 Å². The summed E-state index contributed by atoms with van der Waals surface area (Å²) in [5.74, 6) is -0.738. The lowest BCUT2D eigenvalue weighted by Crippen LogP contribution is -2.37. The average molecular weight is 386 g/mol. The van der Waals surface area contributed by atoms with E-state index in [0.717, 1.165) is 0 Å². The monoisotopic (exact) mass is 386 g/mol. The minimum atomic E-state index is -0.884. The van der Waals surface area contributed by atoms with Crippen LogP contribution in [-0.2, 0) is 4.79 Å². The molecule has 4 N–H and O–H groups in total. The number of carbonyl (C=O) groups is 2. The number of aromatic amines is 2. The molecule has 144 valence electrons. The number of fused-ring (bicyclic) bond motifs is 1. The summed E-state index contributed by atoms with van der Waals surface area (Å²) >= 11 is 0. The molecule has 1 atom stereocenters. The quantitative estimate of drug-likeness (QED) is 0.424. The van der Waals surface area contributed by atoms with E-state index in [9.17, 15) is 14.4 Å². The van der Waals surface area contributed by atoms with Gasteiger partial charge in [-0.3, -0.25) is 9.59 Å². The van der Waals surface area contributed by atoms with E-state index in [2.05, 4.69) is 20.6 Å². The highest BCUT2D eigenvalue weighted by Gasteiger charge is 2.23. The highest BCUT2D eigenvalue weighted by molar-refractivity contribution is 6.02. The third kappa shape index (κ3) is 4.08. The van der Waals surface area contributed by atoms with Gasteiger partial charge in [-0.2, -0.15) is 0 Å². The Morgan fingerprint density at radius 1 is 0.793 bits per heavy atom. The standard InChI is InChI=1S/C22H18N4O3/c27-20(15-9-5-2-6-10-15)26-19(14-7-3-1-4-8-14)21(28)23-16-11-12-17-18(13-16)25-22(29)24-17/h1-13,19H,(H,23,28)(H,26,27)(H2,24,25,29). The van der Waals surface area contributed by atoms with Gasteiger partial charge in [0.25, 0.3) is 11.8 Å². The molecule has 4 rings (SSSR count). The van der Waals surface area contributed by atoms with Gasteiger partial charge in [0.15, 0.2) is 0 Å². The van der Waals surface area contributed by atoms with Gasteiger partial charge in [-0.15, -0.1) is 0 Å². The fourth-order valence-corrected chi connectivity index (χ4v) is 3.07. The first-order valence-electron chi connectivity index (χ1n) is 9.04. The van der Waals surface area contributed by atoms with Crippen LogP contribution in [0.2, 0.25) is 0 Å². The molecule has 0 saturated heterocycles. The number of carbonyl (C=O) groups excluding carboxylic acids is 2. The molecule has 0 bridgehead atoms. The van der Waals surface area contributed by atoms with Crippen molar-refractivity contribution in [3.63, 3.8) is 0 Å². The van der Waals surface area contributed by atoms with Gasteiger partial charge < -0.3 is 20.6 Å². The molecule has 2 amide bonds. The Hall–Kier alpha value is -4.13. The maximum absolute atomic E-state index is 13.0. The normalized spacial score (nSPS) is 11.7. The number of hydrogen-bond acceptors (Lipinski definition) is 3. The molecule has 0 aliphatic carbocycles. The Morgan fingerprint density at radius 2 is 1.45 bits per heavy atom. The van der Waals surface area contributed by atoms with E-state index >= 15 is 0 Å². The summed E-state index contributed by atoms with van der Waals surface area (Å²) < 4.78 is 0. The third-order valence-corrected chi connectivity index (χ3v) is 4.49. The first-order chi connectivity index (χ1) is 14.1. The van der Waals surface area contributed by atoms with Crippen molar-refractivity contribution < 1.29 is 9.59 Å². The van der Waals surface area contributed by atoms with Crippen LogP contribution in [0.25, 0.3) is 11.0 Å². The Bertz CT molecular complexity index is 1210. The van der Waals surface area contributed by atoms with Gasteiger partial charge in [-0.05, 0) is 35.9 Å². The zero-order chi connectivity index (χ0) is 20.2. The molecule has 0 aliphatic heterocycles. The second kappa shape index (κ2) is 7.85. The number of imidazole rings is 1. The first kappa shape index (κ1) is 18.2. The van der Waals surface area contributed by atoms with E-state index in [1.165, 1.54) is 0 Å². The lowest BCUT2D eigenvalue weighted by Gasteiger charge is -2.19. The molecule has 0 spiro atoms. The van der Waals surface area contributed by atoms with Crippen molar-refractivity contribution in [2.24, 2.45) is 0 Å². The molecule has 7 heteroatoms. The predicted molar refractivity (Wildman–Crippen MR) is 111 cm³/mol. The molecule has 1 unspecified atom stereocenters. The Morgan fingerprint density at radius 3 is 2.17 bits per heavy atom. The number of nitrogens with one attached hydrogen (secondary N) is 4. The molecular weight excluding hydrogens is 368 g/mol. The lowest BCUT2D eigenvalue weighted by atomic mass is 10.1. The van der Waals surface area contributed by atoms with Crippen LogP contribution in [0.4, 0.5) is 5.69 Å². The summed E-state index contributed by atoms with van der Waals surface area (Å²) in [5, 5.41) is 5.61. The van der Waals surface area contributed by atoms with Crippen LogP contribution in [0.1, 0.15) is 22.0 Å². The number of aromatic nitrogens is 2. The second-order valence-electron chi connectivity index (χ2n) is 6.51. The van der Waals surface area contributed by atoms with Gasteiger partial charge in [-0.25, -0.2) is 4.79 Å². The highest BCUT2D eigenvalue weighted by Crippen LogP contribution is 2.19. The fourth-order valence-electron chi connectivity index (χ4n) is 3.07. The molecule has 29 heavy (non-hydrogen) atoms. The molecule has 1 heterocycles. The largest absolute Gasteiger partial charge is 0.336 e. The van der Waals surface area contributed by atoms with Crippen LogP contribution in [-0.4, -0.2) is 21.8 Å². The van der Waals surface area contributed by atoms with Crippen molar-refractivity contribution in [3.8, 4) is 0 Å². The van der Waals surface area contributed by atoms with Crippen LogP contribution in [0.5, 0.6) is 0 Å². The van der Waals surface area contributed by atoms with Crippen molar-refractivity contribution in [1.82, 2.24) is 15.3 Å². The minimum Gasteiger partial charge on any atom is -0.336 e. The minimum absolute atomic E-state index is 0.319. The van der Waals surface area contributed by atoms with Crippen LogP contribution in [0, 0.1) is 0 Å². The summed E-state index contributed by atoms with van der Waals surface area (Å²) in [6.45, 7) is 0. The Labute approximate surface area is 165 Å². The van der Waals surface area contributed by atoms with E-state index in [1.807, 2.05) is 12.1 Å². The highest BCUT2D eigenvalue weighted by atomic mass is 16.2. The summed E-state index contributed by atoms with van der Waals surface area (Å²) in [4.78, 5) is 42.4. The predicted octanol–water partition coefficient (Wildman–Crippen LogP) is 2.97. The molecule has 0 saturated carbocycles. The fraction of sp³-hybridized carbons (Fsp3) is 0.0455. The SMILES string of the molecule is O=C(NC(C(=O)Nc1ccc2[nH]c(=O)[nH]c2c1)c1ccccc1)c1ccccc1. The van der Waals surface area contributed by atoms with Crippen molar-refractivity contribution >= 4 is 28.5 Å². The van der Waals surface area contributed by atoms with Gasteiger partial charge in [-0.1, -0.05) is 48.5 Å². The number of amides is 2. The van der Waals surface area contributed by atoms with Crippen LogP contribution >= 0.6 is 0 Å². The average Bonchev–Trinajstić information content (AvgIpc) is 3.12. The smallest absolute Gasteiger partial charge is 0.323 e. The zero-order valence-electron chi connectivity index (χ0n) is 15.3. The number of hydrogen-bond donors (Lipinski definition) is 4. The molecule has 7 nitrogen and oxygen atoms in total. The number of anilines is 1. The van der Waals surface area contributed by atoms with Crippen LogP contribution in [0.3, 0.4) is 0 Å². The number of rotatable bonds is 5. The maximum Gasteiger partial charge on any atom is 0.323 e. The molecule has 3 aromatic carbocycles. The lowest BCUT2D eigenvalue weighted by molar-refractivity contribution is -0.118. The molecule has 0 radical (unpaired) electrons. The van der Waals surface area contributed by atoms with Gasteiger partial charge >= 0.3 is 5.69 Å². The maximum atomic E-state index is 13.0. The summed E-state index contributed by atoms with van der Waals surface area (Å²) in [6, 6.07) is 21.9. The topological polar surface area (TPSA) is 107 Å². The van der Waals surface area contributed by atoms with Gasteiger partial charge in [0.1, 0.15) is 6.04 Å². The second-order valence-corrected chi connectivity index (χ2v) is 6.51. The zero-order valence-corrected chi connectivity index (χ0v) is 15.3. The molecule has 0 fully saturated rings. The Kier molecular flexibility index (Phi) is 4.94. The van der Waals surface area contributed by atoms with Crippen LogP contribution < -0.4 is 16.3 Å². The van der Waals surface area contributed by atoms with E-state index in [4.69, 9.17) is 0 Å². The van der Waals surface area contributed by atoms with E-state index in [0.29, 0.717) is 27.8 Å². The van der Waals surface area contributed by atoms with Gasteiger partial charge in [0.2, 0.25) is 0 Å². The summed E-state index contributed by atoms with van der Waals surface area (Å²) in [5.41, 5.74) is 2.54. The van der Waals surface area contributed by atoms with Crippen molar-refractivity contribution in [2.75, 3.05) is 5.32 Å².